The van der Waals surface area contributed by atoms with Gasteiger partial charge in [0.05, 0.1) is 14.2 Å². The van der Waals surface area contributed by atoms with Crippen LogP contribution in [0.2, 0.25) is 0 Å². The fourth-order valence-electron chi connectivity index (χ4n) is 1.86. The molecule has 0 saturated heterocycles. The molecule has 1 aromatic carbocycles. The molecule has 1 atom stereocenters. The third-order valence-electron chi connectivity index (χ3n) is 2.92. The molecule has 17 heavy (non-hydrogen) atoms. The van der Waals surface area contributed by atoms with Gasteiger partial charge < -0.3 is 20.9 Å². The normalized spacial score (nSPS) is 14.2. The Bertz CT molecular complexity index is 364. The van der Waals surface area contributed by atoms with Gasteiger partial charge in [-0.3, -0.25) is 0 Å². The van der Waals surface area contributed by atoms with E-state index in [4.69, 9.17) is 20.9 Å². The molecular weight excluding hydrogens is 216 g/mol. The third kappa shape index (κ3) is 3.35. The molecule has 4 N–H and O–H groups in total. The van der Waals surface area contributed by atoms with Crippen LogP contribution < -0.4 is 20.9 Å². The molecule has 0 aromatic heterocycles. The van der Waals surface area contributed by atoms with Crippen molar-refractivity contribution in [1.82, 2.24) is 0 Å². The summed E-state index contributed by atoms with van der Waals surface area (Å²) < 4.78 is 10.6. The van der Waals surface area contributed by atoms with Crippen molar-refractivity contribution in [3.8, 4) is 11.5 Å². The predicted molar refractivity (Wildman–Crippen MR) is 69.4 cm³/mol. The van der Waals surface area contributed by atoms with E-state index in [1.54, 1.807) is 14.2 Å². The van der Waals surface area contributed by atoms with E-state index in [2.05, 4.69) is 0 Å². The molecule has 4 heteroatoms. The van der Waals surface area contributed by atoms with E-state index in [9.17, 15) is 0 Å². The standard InChI is InChI=1S/C13H22N2O2/c1-13(15,7-4-8-14)11-9-10(16-2)5-6-12(11)17-3/h5-6,9H,4,7-8,14-15H2,1-3H3. The molecular formula is C13H22N2O2. The molecule has 0 aliphatic rings. The van der Waals surface area contributed by atoms with Crippen LogP contribution in [0.1, 0.15) is 25.3 Å². The quantitative estimate of drug-likeness (QED) is 0.790. The number of benzene rings is 1. The Morgan fingerprint density at radius 2 is 1.94 bits per heavy atom. The van der Waals surface area contributed by atoms with Gasteiger partial charge in [0.25, 0.3) is 0 Å². The summed E-state index contributed by atoms with van der Waals surface area (Å²) in [5.41, 5.74) is 12.4. The summed E-state index contributed by atoms with van der Waals surface area (Å²) in [6.07, 6.45) is 1.69. The van der Waals surface area contributed by atoms with Gasteiger partial charge in [0.15, 0.2) is 0 Å². The molecule has 0 saturated carbocycles. The van der Waals surface area contributed by atoms with Gasteiger partial charge in [0, 0.05) is 11.1 Å². The van der Waals surface area contributed by atoms with Gasteiger partial charge in [-0.05, 0) is 44.5 Å². The second-order valence-electron chi connectivity index (χ2n) is 4.38. The van der Waals surface area contributed by atoms with Gasteiger partial charge >= 0.3 is 0 Å². The van der Waals surface area contributed by atoms with Gasteiger partial charge in [0.2, 0.25) is 0 Å². The lowest BCUT2D eigenvalue weighted by molar-refractivity contribution is 0.368. The molecule has 1 unspecified atom stereocenters. The van der Waals surface area contributed by atoms with Crippen LogP contribution in [0.5, 0.6) is 11.5 Å². The molecule has 0 aliphatic carbocycles. The first-order valence-corrected chi connectivity index (χ1v) is 5.76. The van der Waals surface area contributed by atoms with Crippen molar-refractivity contribution in [1.29, 1.82) is 0 Å². The van der Waals surface area contributed by atoms with E-state index in [0.717, 1.165) is 29.9 Å². The largest absolute Gasteiger partial charge is 0.497 e. The van der Waals surface area contributed by atoms with Gasteiger partial charge in [-0.15, -0.1) is 0 Å². The summed E-state index contributed by atoms with van der Waals surface area (Å²) in [6.45, 7) is 2.62. The Morgan fingerprint density at radius 1 is 1.24 bits per heavy atom. The summed E-state index contributed by atoms with van der Waals surface area (Å²) in [5.74, 6) is 1.57. The minimum absolute atomic E-state index is 0.459. The van der Waals surface area contributed by atoms with Crippen LogP contribution in [-0.4, -0.2) is 20.8 Å². The smallest absolute Gasteiger partial charge is 0.124 e. The van der Waals surface area contributed by atoms with Crippen LogP contribution in [0.4, 0.5) is 0 Å². The van der Waals surface area contributed by atoms with Crippen molar-refractivity contribution in [2.24, 2.45) is 11.5 Å². The Kier molecular flexibility index (Phi) is 4.78. The Morgan fingerprint density at radius 3 is 2.47 bits per heavy atom. The van der Waals surface area contributed by atoms with Crippen molar-refractivity contribution in [2.75, 3.05) is 20.8 Å². The van der Waals surface area contributed by atoms with E-state index in [1.165, 1.54) is 0 Å². The Hall–Kier alpha value is -1.26. The highest BCUT2D eigenvalue weighted by Crippen LogP contribution is 2.34. The molecule has 0 heterocycles. The van der Waals surface area contributed by atoms with Crippen molar-refractivity contribution < 1.29 is 9.47 Å². The van der Waals surface area contributed by atoms with Gasteiger partial charge in [0.1, 0.15) is 11.5 Å². The second kappa shape index (κ2) is 5.89. The number of ether oxygens (including phenoxy) is 2. The zero-order valence-corrected chi connectivity index (χ0v) is 10.8. The lowest BCUT2D eigenvalue weighted by Gasteiger charge is -2.27. The molecule has 0 aliphatic heterocycles. The lowest BCUT2D eigenvalue weighted by Crippen LogP contribution is -2.34. The summed E-state index contributed by atoms with van der Waals surface area (Å²) in [5, 5.41) is 0. The maximum Gasteiger partial charge on any atom is 0.124 e. The number of rotatable bonds is 6. The van der Waals surface area contributed by atoms with E-state index in [0.29, 0.717) is 6.54 Å². The minimum atomic E-state index is -0.459. The van der Waals surface area contributed by atoms with Gasteiger partial charge in [-0.25, -0.2) is 0 Å². The van der Waals surface area contributed by atoms with Crippen molar-refractivity contribution >= 4 is 0 Å². The lowest BCUT2D eigenvalue weighted by atomic mass is 9.87. The molecule has 0 bridgehead atoms. The van der Waals surface area contributed by atoms with Crippen LogP contribution in [-0.2, 0) is 5.54 Å². The van der Waals surface area contributed by atoms with E-state index in [-0.39, 0.29) is 0 Å². The topological polar surface area (TPSA) is 70.5 Å². The van der Waals surface area contributed by atoms with E-state index < -0.39 is 5.54 Å². The average molecular weight is 238 g/mol. The first kappa shape index (κ1) is 13.8. The summed E-state index contributed by atoms with van der Waals surface area (Å²) >= 11 is 0. The monoisotopic (exact) mass is 238 g/mol. The highest BCUT2D eigenvalue weighted by atomic mass is 16.5. The van der Waals surface area contributed by atoms with Crippen molar-refractivity contribution in [3.63, 3.8) is 0 Å². The fraction of sp³-hybridized carbons (Fsp3) is 0.538. The molecule has 96 valence electrons. The van der Waals surface area contributed by atoms with Crippen molar-refractivity contribution in [3.05, 3.63) is 23.8 Å². The van der Waals surface area contributed by atoms with E-state index >= 15 is 0 Å². The van der Waals surface area contributed by atoms with Crippen LogP contribution in [0.15, 0.2) is 18.2 Å². The zero-order chi connectivity index (χ0) is 12.9. The number of hydrogen-bond donors (Lipinski definition) is 2. The fourth-order valence-corrected chi connectivity index (χ4v) is 1.86. The SMILES string of the molecule is COc1ccc(OC)c(C(C)(N)CCCN)c1. The Balaban J connectivity index is 3.07. The number of hydrogen-bond acceptors (Lipinski definition) is 4. The van der Waals surface area contributed by atoms with Gasteiger partial charge in [-0.1, -0.05) is 0 Å². The number of nitrogens with two attached hydrogens (primary N) is 2. The Labute approximate surface area is 103 Å². The molecule has 0 radical (unpaired) electrons. The van der Waals surface area contributed by atoms with Crippen LogP contribution in [0.25, 0.3) is 0 Å². The average Bonchev–Trinajstić information content (AvgIpc) is 2.35. The second-order valence-corrected chi connectivity index (χ2v) is 4.38. The van der Waals surface area contributed by atoms with E-state index in [1.807, 2.05) is 25.1 Å². The minimum Gasteiger partial charge on any atom is -0.497 e. The summed E-state index contributed by atoms with van der Waals surface area (Å²) in [4.78, 5) is 0. The molecule has 0 amide bonds. The summed E-state index contributed by atoms with van der Waals surface area (Å²) in [6, 6.07) is 5.67. The van der Waals surface area contributed by atoms with Crippen molar-refractivity contribution in [2.45, 2.75) is 25.3 Å². The van der Waals surface area contributed by atoms with Crippen LogP contribution in [0, 0.1) is 0 Å². The molecule has 1 rings (SSSR count). The maximum atomic E-state index is 6.33. The zero-order valence-electron chi connectivity index (χ0n) is 10.8. The summed E-state index contributed by atoms with van der Waals surface area (Å²) in [7, 11) is 3.28. The molecule has 4 nitrogen and oxygen atoms in total. The van der Waals surface area contributed by atoms with Gasteiger partial charge in [-0.2, -0.15) is 0 Å². The molecule has 1 aromatic rings. The first-order chi connectivity index (χ1) is 8.05. The molecule has 0 spiro atoms. The highest BCUT2D eigenvalue weighted by molar-refractivity contribution is 5.44. The number of methoxy groups -OCH3 is 2. The van der Waals surface area contributed by atoms with Crippen LogP contribution >= 0.6 is 0 Å². The molecule has 0 fully saturated rings. The third-order valence-corrected chi connectivity index (χ3v) is 2.92. The first-order valence-electron chi connectivity index (χ1n) is 5.76. The highest BCUT2D eigenvalue weighted by Gasteiger charge is 2.25. The maximum absolute atomic E-state index is 6.33. The van der Waals surface area contributed by atoms with Crippen LogP contribution in [0.3, 0.4) is 0 Å². The predicted octanol–water partition coefficient (Wildman–Crippen LogP) is 1.62.